The number of carbonyl (C=O) groups excluding carboxylic acids is 1. The third-order valence-electron chi connectivity index (χ3n) is 4.98. The van der Waals surface area contributed by atoms with Crippen molar-refractivity contribution in [3.8, 4) is 0 Å². The molecule has 0 aliphatic carbocycles. The largest absolute Gasteiger partial charge is 0.410 e. The van der Waals surface area contributed by atoms with Crippen molar-refractivity contribution >= 4 is 23.3 Å². The van der Waals surface area contributed by atoms with Gasteiger partial charge in [-0.15, -0.1) is 0 Å². The number of nitrogens with zero attached hydrogens (tertiary/aromatic N) is 2. The smallest absolute Gasteiger partial charge is 0.362 e. The zero-order chi connectivity index (χ0) is 20.6. The molecule has 1 amide bonds. The molecule has 9 heteroatoms. The van der Waals surface area contributed by atoms with Crippen LogP contribution in [0, 0.1) is 6.92 Å². The van der Waals surface area contributed by atoms with Gasteiger partial charge in [-0.3, -0.25) is 4.79 Å². The molecule has 0 radical (unpaired) electrons. The zero-order valence-corrected chi connectivity index (χ0v) is 16.5. The number of anilines is 1. The van der Waals surface area contributed by atoms with E-state index >= 15 is 0 Å². The van der Waals surface area contributed by atoms with E-state index in [1.807, 2.05) is 26.0 Å². The monoisotopic (exact) mass is 414 g/mol. The van der Waals surface area contributed by atoms with Gasteiger partial charge in [-0.1, -0.05) is 48.4 Å². The number of alkyl halides is 3. The predicted octanol–water partition coefficient (Wildman–Crippen LogP) is 5.03. The Morgan fingerprint density at radius 2 is 2.04 bits per heavy atom. The third-order valence-corrected chi connectivity index (χ3v) is 5.34. The van der Waals surface area contributed by atoms with E-state index in [9.17, 15) is 18.0 Å². The van der Waals surface area contributed by atoms with Crippen molar-refractivity contribution in [3.63, 3.8) is 0 Å². The van der Waals surface area contributed by atoms with Crippen LogP contribution in [0.15, 0.2) is 24.3 Å². The van der Waals surface area contributed by atoms with Crippen molar-refractivity contribution in [1.82, 2.24) is 15.1 Å². The molecule has 2 N–H and O–H groups in total. The van der Waals surface area contributed by atoms with E-state index in [0.29, 0.717) is 12.0 Å². The zero-order valence-electron chi connectivity index (χ0n) is 15.8. The predicted molar refractivity (Wildman–Crippen MR) is 102 cm³/mol. The number of halogens is 4. The summed E-state index contributed by atoms with van der Waals surface area (Å²) in [4.78, 5) is 12.4. The van der Waals surface area contributed by atoms with Gasteiger partial charge in [0.2, 0.25) is 0 Å². The summed E-state index contributed by atoms with van der Waals surface area (Å²) >= 11 is 6.28. The molecule has 1 aliphatic rings. The Kier molecular flexibility index (Phi) is 5.61. The fourth-order valence-corrected chi connectivity index (χ4v) is 3.41. The van der Waals surface area contributed by atoms with Gasteiger partial charge in [0.05, 0.1) is 6.04 Å². The van der Waals surface area contributed by atoms with E-state index in [-0.39, 0.29) is 29.0 Å². The number of hydrogen-bond donors (Lipinski definition) is 2. The maximum atomic E-state index is 13.7. The average Bonchev–Trinajstić information content (AvgIpc) is 2.97. The number of rotatable bonds is 4. The number of aromatic nitrogens is 2. The molecule has 0 fully saturated rings. The highest BCUT2D eigenvalue weighted by atomic mass is 35.5. The van der Waals surface area contributed by atoms with Crippen molar-refractivity contribution in [1.29, 1.82) is 0 Å². The summed E-state index contributed by atoms with van der Waals surface area (Å²) in [5.41, 5.74) is 1.52. The van der Waals surface area contributed by atoms with E-state index in [4.69, 9.17) is 11.6 Å². The summed E-state index contributed by atoms with van der Waals surface area (Å²) in [6, 6.07) is 4.65. The first-order valence-electron chi connectivity index (χ1n) is 9.10. The minimum Gasteiger partial charge on any atom is -0.362 e. The molecule has 3 rings (SSSR count). The van der Waals surface area contributed by atoms with Crippen LogP contribution in [0.1, 0.15) is 60.4 Å². The quantitative estimate of drug-likeness (QED) is 0.737. The van der Waals surface area contributed by atoms with Crippen molar-refractivity contribution in [2.24, 2.45) is 0 Å². The summed E-state index contributed by atoms with van der Waals surface area (Å²) in [6.07, 6.45) is -4.10. The molecule has 2 heterocycles. The minimum atomic E-state index is -4.53. The van der Waals surface area contributed by atoms with Crippen molar-refractivity contribution in [2.45, 2.75) is 57.9 Å². The third kappa shape index (κ3) is 3.97. The molecule has 0 unspecified atom stereocenters. The number of carbonyl (C=O) groups is 1. The maximum Gasteiger partial charge on any atom is 0.410 e. The fourth-order valence-electron chi connectivity index (χ4n) is 3.15. The van der Waals surface area contributed by atoms with Gasteiger partial charge in [0.1, 0.15) is 10.8 Å². The molecule has 152 valence electrons. The highest BCUT2D eigenvalue weighted by Crippen LogP contribution is 2.46. The molecule has 0 saturated heterocycles. The molecule has 0 saturated carbocycles. The second-order valence-electron chi connectivity index (χ2n) is 7.14. The number of benzene rings is 1. The Labute approximate surface area is 166 Å². The van der Waals surface area contributed by atoms with E-state index in [1.54, 1.807) is 19.1 Å². The first kappa shape index (κ1) is 20.5. The van der Waals surface area contributed by atoms with Crippen molar-refractivity contribution in [2.75, 3.05) is 5.32 Å². The van der Waals surface area contributed by atoms with Gasteiger partial charge < -0.3 is 10.6 Å². The van der Waals surface area contributed by atoms with Crippen LogP contribution in [-0.2, 0) is 0 Å². The number of nitrogens with one attached hydrogen (secondary N) is 2. The van der Waals surface area contributed by atoms with E-state index < -0.39 is 24.2 Å². The molecule has 0 bridgehead atoms. The second-order valence-corrected chi connectivity index (χ2v) is 7.52. The molecule has 1 aromatic carbocycles. The van der Waals surface area contributed by atoms with Gasteiger partial charge in [-0.05, 0) is 25.8 Å². The van der Waals surface area contributed by atoms with E-state index in [1.165, 1.54) is 0 Å². The molecular formula is C19H22ClF3N4O. The molecule has 1 aliphatic heterocycles. The van der Waals surface area contributed by atoms with E-state index in [2.05, 4.69) is 15.7 Å². The van der Waals surface area contributed by atoms with Gasteiger partial charge in [0, 0.05) is 12.5 Å². The first-order valence-corrected chi connectivity index (χ1v) is 9.48. The molecular weight excluding hydrogens is 393 g/mol. The van der Waals surface area contributed by atoms with Crippen LogP contribution in [-0.4, -0.2) is 27.9 Å². The molecule has 5 nitrogen and oxygen atoms in total. The van der Waals surface area contributed by atoms with Crippen molar-refractivity contribution in [3.05, 3.63) is 46.1 Å². The lowest BCUT2D eigenvalue weighted by Crippen LogP contribution is -2.36. The Balaban J connectivity index is 2.00. The Morgan fingerprint density at radius 3 is 2.61 bits per heavy atom. The number of amides is 1. The average molecular weight is 415 g/mol. The summed E-state index contributed by atoms with van der Waals surface area (Å²) in [5.74, 6) is -0.578. The highest BCUT2D eigenvalue weighted by Gasteiger charge is 2.47. The van der Waals surface area contributed by atoms with Gasteiger partial charge in [-0.25, -0.2) is 4.68 Å². The lowest BCUT2D eigenvalue weighted by Gasteiger charge is -2.33. The fraction of sp³-hybridized carbons (Fsp3) is 0.474. The van der Waals surface area contributed by atoms with Crippen LogP contribution in [0.5, 0.6) is 0 Å². The lowest BCUT2D eigenvalue weighted by molar-refractivity contribution is -0.173. The standard InChI is InChI=1S/C19H22ClF3N4O/c1-4-11(3)24-18(28)16-15(20)17-25-13(12-7-5-10(2)6-8-12)9-14(19(21,22)23)27(17)26-16/h5-8,11,13-14,25H,4,9H2,1-3H3,(H,24,28)/t11-,13-,14-/m0/s1. The van der Waals surface area contributed by atoms with Crippen LogP contribution in [0.4, 0.5) is 19.0 Å². The molecule has 1 aromatic heterocycles. The van der Waals surface area contributed by atoms with Crippen LogP contribution in [0.25, 0.3) is 0 Å². The van der Waals surface area contributed by atoms with Crippen LogP contribution >= 0.6 is 11.6 Å². The normalized spacial score (nSPS) is 20.2. The Hall–Kier alpha value is -2.22. The minimum absolute atomic E-state index is 0.00937. The van der Waals surface area contributed by atoms with Crippen LogP contribution in [0.2, 0.25) is 5.02 Å². The molecule has 28 heavy (non-hydrogen) atoms. The SMILES string of the molecule is CC[C@H](C)NC(=O)c1nn2c(c1Cl)N[C@H](c1ccc(C)cc1)C[C@H]2C(F)(F)F. The lowest BCUT2D eigenvalue weighted by atomic mass is 9.96. The topological polar surface area (TPSA) is 59.0 Å². The Morgan fingerprint density at radius 1 is 1.39 bits per heavy atom. The second kappa shape index (κ2) is 7.66. The van der Waals surface area contributed by atoms with Gasteiger partial charge in [0.25, 0.3) is 5.91 Å². The van der Waals surface area contributed by atoms with Crippen molar-refractivity contribution < 1.29 is 18.0 Å². The van der Waals surface area contributed by atoms with Crippen LogP contribution < -0.4 is 10.6 Å². The Bertz CT molecular complexity index is 863. The molecule has 3 atom stereocenters. The highest BCUT2D eigenvalue weighted by molar-refractivity contribution is 6.36. The van der Waals surface area contributed by atoms with Gasteiger partial charge >= 0.3 is 6.18 Å². The van der Waals surface area contributed by atoms with Gasteiger partial charge in [0.15, 0.2) is 11.7 Å². The maximum absolute atomic E-state index is 13.7. The first-order chi connectivity index (χ1) is 13.1. The van der Waals surface area contributed by atoms with E-state index in [0.717, 1.165) is 10.2 Å². The summed E-state index contributed by atoms with van der Waals surface area (Å²) in [5, 5.41) is 9.54. The molecule has 0 spiro atoms. The summed E-state index contributed by atoms with van der Waals surface area (Å²) in [6.45, 7) is 5.59. The van der Waals surface area contributed by atoms with Gasteiger partial charge in [-0.2, -0.15) is 18.3 Å². The number of hydrogen-bond acceptors (Lipinski definition) is 3. The molecule has 2 aromatic rings. The number of aryl methyl sites for hydroxylation is 1. The number of fused-ring (bicyclic) bond motifs is 1. The van der Waals surface area contributed by atoms with Crippen LogP contribution in [0.3, 0.4) is 0 Å². The summed E-state index contributed by atoms with van der Waals surface area (Å²) in [7, 11) is 0. The summed E-state index contributed by atoms with van der Waals surface area (Å²) < 4.78 is 42.0.